The molecule has 2 fully saturated rings. The van der Waals surface area contributed by atoms with Crippen molar-refractivity contribution >= 4 is 0 Å². The Hall–Kier alpha value is -1.89. The largest absolute Gasteiger partial charge is 0.416 e. The lowest BCUT2D eigenvalue weighted by Gasteiger charge is -2.28. The van der Waals surface area contributed by atoms with Gasteiger partial charge in [0, 0.05) is 19.6 Å². The Labute approximate surface area is 168 Å². The van der Waals surface area contributed by atoms with E-state index in [1.165, 1.54) is 12.1 Å². The zero-order valence-corrected chi connectivity index (χ0v) is 16.4. The lowest BCUT2D eigenvalue weighted by molar-refractivity contribution is -0.137. The van der Waals surface area contributed by atoms with E-state index in [1.807, 2.05) is 31.2 Å². The molecule has 2 aromatic carbocycles. The van der Waals surface area contributed by atoms with Crippen LogP contribution in [0.15, 0.2) is 48.5 Å². The van der Waals surface area contributed by atoms with Gasteiger partial charge in [0.25, 0.3) is 0 Å². The Balaban J connectivity index is 1.40. The molecular weight excluding hydrogens is 379 g/mol. The normalized spacial score (nSPS) is 28.5. The lowest BCUT2D eigenvalue weighted by Crippen LogP contribution is -2.31. The highest BCUT2D eigenvalue weighted by atomic mass is 19.4. The van der Waals surface area contributed by atoms with Gasteiger partial charge in [-0.1, -0.05) is 36.4 Å². The molecule has 1 aliphatic heterocycles. The molecule has 1 heterocycles. The number of hydrogen-bond acceptors (Lipinski definition) is 3. The second-order valence-electron chi connectivity index (χ2n) is 8.63. The Morgan fingerprint density at radius 3 is 2.34 bits per heavy atom. The van der Waals surface area contributed by atoms with Crippen LogP contribution < -0.4 is 0 Å². The Kier molecular flexibility index (Phi) is 5.21. The van der Waals surface area contributed by atoms with Crippen molar-refractivity contribution in [2.75, 3.05) is 19.6 Å². The average Bonchev–Trinajstić information content (AvgIpc) is 3.16. The smallest absolute Gasteiger partial charge is 0.387 e. The van der Waals surface area contributed by atoms with E-state index in [0.717, 1.165) is 36.3 Å². The minimum absolute atomic E-state index is 0.285. The van der Waals surface area contributed by atoms with Gasteiger partial charge in [-0.15, -0.1) is 0 Å². The van der Waals surface area contributed by atoms with Crippen LogP contribution in [0.3, 0.4) is 0 Å². The van der Waals surface area contributed by atoms with Crippen molar-refractivity contribution < 1.29 is 23.4 Å². The summed E-state index contributed by atoms with van der Waals surface area (Å²) in [7, 11) is 0. The lowest BCUT2D eigenvalue weighted by atomic mass is 9.87. The highest BCUT2D eigenvalue weighted by Crippen LogP contribution is 2.49. The number of halogens is 3. The maximum Gasteiger partial charge on any atom is 0.416 e. The third-order valence-electron chi connectivity index (χ3n) is 6.53. The first kappa shape index (κ1) is 20.4. The average molecular weight is 405 g/mol. The van der Waals surface area contributed by atoms with Gasteiger partial charge in [-0.25, -0.2) is 0 Å². The number of likely N-dealkylation sites (tertiary alicyclic amines) is 1. The zero-order chi connectivity index (χ0) is 20.8. The molecule has 4 rings (SSSR count). The predicted molar refractivity (Wildman–Crippen MR) is 104 cm³/mol. The quantitative estimate of drug-likeness (QED) is 0.798. The maximum atomic E-state index is 12.9. The summed E-state index contributed by atoms with van der Waals surface area (Å²) in [5, 5.41) is 21.7. The molecule has 0 amide bonds. The molecule has 3 nitrogen and oxygen atoms in total. The number of β-amino-alcohol motifs (C(OH)–C–C–N with tert-alkyl or cyclic N) is 1. The molecule has 0 radical (unpaired) electrons. The van der Waals surface area contributed by atoms with Crippen LogP contribution in [0.4, 0.5) is 13.2 Å². The number of aliphatic hydroxyl groups is 2. The monoisotopic (exact) mass is 405 g/mol. The third-order valence-corrected chi connectivity index (χ3v) is 6.53. The number of alkyl halides is 3. The number of hydrogen-bond donors (Lipinski definition) is 2. The van der Waals surface area contributed by atoms with Crippen LogP contribution >= 0.6 is 0 Å². The number of benzene rings is 2. The van der Waals surface area contributed by atoms with Crippen LogP contribution in [0.2, 0.25) is 0 Å². The first-order chi connectivity index (χ1) is 13.7. The van der Waals surface area contributed by atoms with Gasteiger partial charge in [0.05, 0.1) is 17.3 Å². The summed E-state index contributed by atoms with van der Waals surface area (Å²) in [5.41, 5.74) is 0.813. The van der Waals surface area contributed by atoms with Gasteiger partial charge >= 0.3 is 6.18 Å². The van der Waals surface area contributed by atoms with Crippen molar-refractivity contribution in [2.24, 2.45) is 11.8 Å². The van der Waals surface area contributed by atoms with Gasteiger partial charge in [-0.3, -0.25) is 4.90 Å². The van der Waals surface area contributed by atoms with E-state index >= 15 is 0 Å². The van der Waals surface area contributed by atoms with Crippen LogP contribution in [0.5, 0.6) is 0 Å². The number of nitrogens with zero attached hydrogens (tertiary/aromatic N) is 1. The van der Waals surface area contributed by atoms with E-state index < -0.39 is 23.4 Å². The molecule has 156 valence electrons. The first-order valence-electron chi connectivity index (χ1n) is 10.0. The van der Waals surface area contributed by atoms with Gasteiger partial charge in [0.1, 0.15) is 0 Å². The molecule has 29 heavy (non-hydrogen) atoms. The predicted octanol–water partition coefficient (Wildman–Crippen LogP) is 4.28. The van der Waals surface area contributed by atoms with Crippen LogP contribution in [0.1, 0.15) is 41.2 Å². The second kappa shape index (κ2) is 7.42. The molecule has 0 spiro atoms. The Morgan fingerprint density at radius 1 is 1.07 bits per heavy atom. The Bertz CT molecular complexity index is 868. The summed E-state index contributed by atoms with van der Waals surface area (Å²) >= 11 is 0. The number of fused-ring (bicyclic) bond motifs is 1. The van der Waals surface area contributed by atoms with E-state index in [-0.39, 0.29) is 5.56 Å². The Morgan fingerprint density at radius 2 is 1.72 bits per heavy atom. The summed E-state index contributed by atoms with van der Waals surface area (Å²) in [6, 6.07) is 12.8. The van der Waals surface area contributed by atoms with Crippen molar-refractivity contribution in [3.8, 4) is 0 Å². The van der Waals surface area contributed by atoms with E-state index in [9.17, 15) is 23.4 Å². The van der Waals surface area contributed by atoms with Crippen molar-refractivity contribution in [3.63, 3.8) is 0 Å². The number of aryl methyl sites for hydroxylation is 1. The topological polar surface area (TPSA) is 43.7 Å². The maximum absolute atomic E-state index is 12.9. The highest BCUT2D eigenvalue weighted by Gasteiger charge is 2.49. The SMILES string of the molecule is Cc1ccccc1C1(O)C[C@H]2CN(CC(O)c3cccc(C(F)(F)F)c3)C[C@H]2C1. The molecule has 0 aromatic heterocycles. The summed E-state index contributed by atoms with van der Waals surface area (Å²) < 4.78 is 38.8. The van der Waals surface area contributed by atoms with Gasteiger partial charge in [-0.05, 0) is 60.4 Å². The number of rotatable bonds is 4. The van der Waals surface area contributed by atoms with Gasteiger partial charge in [0.2, 0.25) is 0 Å². The van der Waals surface area contributed by atoms with Crippen molar-refractivity contribution in [3.05, 3.63) is 70.8 Å². The molecule has 2 aliphatic rings. The molecule has 0 bridgehead atoms. The second-order valence-corrected chi connectivity index (χ2v) is 8.63. The van der Waals surface area contributed by atoms with Gasteiger partial charge in [0.15, 0.2) is 0 Å². The fourth-order valence-corrected chi connectivity index (χ4v) is 5.19. The molecule has 2 aromatic rings. The number of aliphatic hydroxyl groups excluding tert-OH is 1. The minimum atomic E-state index is -4.42. The van der Waals surface area contributed by atoms with Crippen molar-refractivity contribution in [1.82, 2.24) is 4.90 Å². The molecule has 6 heteroatoms. The van der Waals surface area contributed by atoms with Crippen LogP contribution in [-0.2, 0) is 11.8 Å². The summed E-state index contributed by atoms with van der Waals surface area (Å²) in [6.45, 7) is 3.81. The first-order valence-corrected chi connectivity index (χ1v) is 10.0. The van der Waals surface area contributed by atoms with Gasteiger partial charge < -0.3 is 10.2 Å². The van der Waals surface area contributed by atoms with Gasteiger partial charge in [-0.2, -0.15) is 13.2 Å². The van der Waals surface area contributed by atoms with Crippen molar-refractivity contribution in [1.29, 1.82) is 0 Å². The minimum Gasteiger partial charge on any atom is -0.387 e. The highest BCUT2D eigenvalue weighted by molar-refractivity contribution is 5.33. The fourth-order valence-electron chi connectivity index (χ4n) is 5.19. The summed E-state index contributed by atoms with van der Waals surface area (Å²) in [5.74, 6) is 0.654. The summed E-state index contributed by atoms with van der Waals surface area (Å²) in [6.07, 6.45) is -4.02. The molecule has 2 N–H and O–H groups in total. The van der Waals surface area contributed by atoms with E-state index in [4.69, 9.17) is 0 Å². The molecule has 1 saturated carbocycles. The molecular formula is C23H26F3NO2. The van der Waals surface area contributed by atoms with E-state index in [2.05, 4.69) is 4.90 Å². The van der Waals surface area contributed by atoms with Crippen molar-refractivity contribution in [2.45, 2.75) is 37.6 Å². The fraction of sp³-hybridized carbons (Fsp3) is 0.478. The molecule has 4 atom stereocenters. The van der Waals surface area contributed by atoms with E-state index in [0.29, 0.717) is 31.2 Å². The van der Waals surface area contributed by atoms with Crippen LogP contribution in [0, 0.1) is 18.8 Å². The zero-order valence-electron chi connectivity index (χ0n) is 16.4. The molecule has 2 unspecified atom stereocenters. The molecule has 1 saturated heterocycles. The van der Waals surface area contributed by atoms with Crippen LogP contribution in [-0.4, -0.2) is 34.7 Å². The van der Waals surface area contributed by atoms with E-state index in [1.54, 1.807) is 0 Å². The third kappa shape index (κ3) is 4.06. The summed E-state index contributed by atoms with van der Waals surface area (Å²) in [4.78, 5) is 2.11. The van der Waals surface area contributed by atoms with Crippen LogP contribution in [0.25, 0.3) is 0 Å². The molecule has 1 aliphatic carbocycles. The standard InChI is InChI=1S/C23H26F3NO2/c1-15-5-2-3-8-20(15)22(29)10-17-12-27(13-18(17)11-22)14-21(28)16-6-4-7-19(9-16)23(24,25)26/h2-9,17-18,21,28-29H,10-14H2,1H3/t17-,18+,21?,22?.